The molecule has 1 aromatic heterocycles. The maximum atomic E-state index is 14.0. The smallest absolute Gasteiger partial charge is 0.255 e. The van der Waals surface area contributed by atoms with Gasteiger partial charge in [0, 0.05) is 35.1 Å². The molecule has 9 heteroatoms. The molecule has 0 aliphatic carbocycles. The zero-order valence-electron chi connectivity index (χ0n) is 21.9. The largest absolute Gasteiger partial charge is 0.356 e. The van der Waals surface area contributed by atoms with Crippen molar-refractivity contribution < 1.29 is 18.8 Å². The fourth-order valence-electron chi connectivity index (χ4n) is 5.82. The monoisotopic (exact) mass is 556 g/mol. The van der Waals surface area contributed by atoms with E-state index in [1.54, 1.807) is 34.9 Å². The number of H-pyrrole nitrogens is 1. The second-order valence-electron chi connectivity index (χ2n) is 10.2. The average molecular weight is 557 g/mol. The van der Waals surface area contributed by atoms with E-state index in [0.717, 1.165) is 33.3 Å². The molecule has 2 aliphatic rings. The Morgan fingerprint density at radius 3 is 2.62 bits per heavy atom. The van der Waals surface area contributed by atoms with Crippen LogP contribution in [0, 0.1) is 5.82 Å². The topological polar surface area (TPSA) is 94.3 Å². The maximum absolute atomic E-state index is 14.0. The molecule has 3 heterocycles. The van der Waals surface area contributed by atoms with Crippen LogP contribution in [0.4, 0.5) is 4.39 Å². The second kappa shape index (κ2) is 10.8. The Bertz CT molecular complexity index is 1600. The number of aromatic amines is 1. The number of nitrogens with one attached hydrogen (secondary N) is 3. The molecule has 0 saturated carbocycles. The van der Waals surface area contributed by atoms with E-state index in [-0.39, 0.29) is 30.1 Å². The van der Waals surface area contributed by atoms with Gasteiger partial charge in [0.15, 0.2) is 0 Å². The van der Waals surface area contributed by atoms with E-state index in [1.165, 1.54) is 12.1 Å². The van der Waals surface area contributed by atoms with Gasteiger partial charge in [-0.3, -0.25) is 14.4 Å². The lowest BCUT2D eigenvalue weighted by molar-refractivity contribution is -0.132. The summed E-state index contributed by atoms with van der Waals surface area (Å²) in [5.74, 6) is -0.537. The normalized spacial score (nSPS) is 18.1. The van der Waals surface area contributed by atoms with Crippen molar-refractivity contribution in [2.24, 2.45) is 0 Å². The highest BCUT2D eigenvalue weighted by Crippen LogP contribution is 2.46. The third-order valence-electron chi connectivity index (χ3n) is 7.78. The average Bonchev–Trinajstić information content (AvgIpc) is 3.49. The van der Waals surface area contributed by atoms with Gasteiger partial charge in [-0.05, 0) is 59.4 Å². The Labute approximate surface area is 235 Å². The van der Waals surface area contributed by atoms with E-state index in [0.29, 0.717) is 24.2 Å². The number of benzene rings is 3. The van der Waals surface area contributed by atoms with E-state index < -0.39 is 18.1 Å². The number of rotatable bonds is 8. The number of aromatic nitrogens is 1. The quantitative estimate of drug-likeness (QED) is 0.301. The summed E-state index contributed by atoms with van der Waals surface area (Å²) in [6.45, 7) is 0.217. The number of amides is 3. The van der Waals surface area contributed by atoms with Crippen molar-refractivity contribution in [2.75, 3.05) is 12.0 Å². The lowest BCUT2D eigenvalue weighted by atomic mass is 9.89. The Hall–Kier alpha value is -4.11. The first-order valence-electron chi connectivity index (χ1n) is 13.3. The van der Waals surface area contributed by atoms with Crippen molar-refractivity contribution in [2.45, 2.75) is 37.5 Å². The molecule has 0 radical (unpaired) electrons. The molecule has 204 valence electrons. The zero-order valence-corrected chi connectivity index (χ0v) is 22.8. The number of hydrogen-bond donors (Lipinski definition) is 3. The van der Waals surface area contributed by atoms with Crippen LogP contribution in [0.15, 0.2) is 72.8 Å². The van der Waals surface area contributed by atoms with Crippen LogP contribution in [0.5, 0.6) is 0 Å². The summed E-state index contributed by atoms with van der Waals surface area (Å²) in [7, 11) is 0. The lowest BCUT2D eigenvalue weighted by Gasteiger charge is -2.37. The molecular formula is C31H29FN4O3S. The number of nitrogens with zero attached hydrogens (tertiary/aromatic N) is 1. The number of halogens is 1. The van der Waals surface area contributed by atoms with Crippen molar-refractivity contribution in [3.63, 3.8) is 0 Å². The molecule has 0 bridgehead atoms. The summed E-state index contributed by atoms with van der Waals surface area (Å²) >= 11 is 1.59. The molecule has 3 atom stereocenters. The van der Waals surface area contributed by atoms with Crippen LogP contribution in [-0.2, 0) is 22.6 Å². The summed E-state index contributed by atoms with van der Waals surface area (Å²) in [4.78, 5) is 46.0. The Morgan fingerprint density at radius 1 is 1.07 bits per heavy atom. The summed E-state index contributed by atoms with van der Waals surface area (Å²) in [6.07, 6.45) is 2.72. The molecule has 0 fully saturated rings. The first-order chi connectivity index (χ1) is 19.5. The molecule has 3 aromatic carbocycles. The van der Waals surface area contributed by atoms with Gasteiger partial charge in [0.25, 0.3) is 5.91 Å². The summed E-state index contributed by atoms with van der Waals surface area (Å²) in [6, 6.07) is 19.4. The molecular weight excluding hydrogens is 527 g/mol. The highest BCUT2D eigenvalue weighted by atomic mass is 32.2. The molecule has 4 aromatic rings. The third-order valence-corrected chi connectivity index (χ3v) is 8.42. The molecule has 3 N–H and O–H groups in total. The maximum Gasteiger partial charge on any atom is 0.255 e. The highest BCUT2D eigenvalue weighted by Gasteiger charge is 2.49. The number of fused-ring (bicyclic) bond motifs is 7. The number of para-hydroxylation sites is 1. The highest BCUT2D eigenvalue weighted by molar-refractivity contribution is 7.98. The van der Waals surface area contributed by atoms with Gasteiger partial charge in [-0.2, -0.15) is 11.8 Å². The molecule has 3 amide bonds. The first-order valence-corrected chi connectivity index (χ1v) is 14.7. The van der Waals surface area contributed by atoms with Crippen LogP contribution in [0.1, 0.15) is 45.2 Å². The van der Waals surface area contributed by atoms with Gasteiger partial charge in [-0.1, -0.05) is 48.5 Å². The van der Waals surface area contributed by atoms with E-state index in [4.69, 9.17) is 0 Å². The predicted molar refractivity (Wildman–Crippen MR) is 153 cm³/mol. The minimum atomic E-state index is -0.779. The number of hydrogen-bond acceptors (Lipinski definition) is 4. The van der Waals surface area contributed by atoms with Gasteiger partial charge >= 0.3 is 0 Å². The van der Waals surface area contributed by atoms with Gasteiger partial charge in [0.2, 0.25) is 11.8 Å². The second-order valence-corrected chi connectivity index (χ2v) is 11.2. The Kier molecular flexibility index (Phi) is 7.06. The van der Waals surface area contributed by atoms with Crippen molar-refractivity contribution in [1.82, 2.24) is 20.5 Å². The van der Waals surface area contributed by atoms with Crippen molar-refractivity contribution >= 4 is 40.4 Å². The molecule has 40 heavy (non-hydrogen) atoms. The predicted octanol–water partition coefficient (Wildman–Crippen LogP) is 4.33. The molecule has 2 aliphatic heterocycles. The van der Waals surface area contributed by atoms with Crippen LogP contribution in [-0.4, -0.2) is 51.7 Å². The van der Waals surface area contributed by atoms with Gasteiger partial charge in [-0.15, -0.1) is 0 Å². The standard InChI is InChI=1S/C31H29FN4O3S/c1-40-15-14-25(29(37)33-17-18-10-12-19(32)13-11-18)35-30(38)26-16-23-20-6-4-5-9-24(20)34-27(23)28-21-7-2-3-8-22(21)31(39)36(26)28/h2-13,25-26,28,34H,14-17H2,1H3,(H,33,37)(H,35,38)/t25-,26-,28+/m0/s1. The van der Waals surface area contributed by atoms with Gasteiger partial charge in [0.1, 0.15) is 17.9 Å². The van der Waals surface area contributed by atoms with Crippen molar-refractivity contribution in [1.29, 1.82) is 0 Å². The molecule has 0 unspecified atom stereocenters. The number of carbonyl (C=O) groups excluding carboxylic acids is 3. The van der Waals surface area contributed by atoms with Crippen LogP contribution in [0.3, 0.4) is 0 Å². The zero-order chi connectivity index (χ0) is 27.8. The summed E-state index contributed by atoms with van der Waals surface area (Å²) in [5, 5.41) is 6.87. The lowest BCUT2D eigenvalue weighted by Crippen LogP contribution is -2.56. The Balaban J connectivity index is 1.29. The van der Waals surface area contributed by atoms with E-state index in [2.05, 4.69) is 15.6 Å². The molecule has 6 rings (SSSR count). The van der Waals surface area contributed by atoms with Crippen molar-refractivity contribution in [3.05, 3.63) is 107 Å². The minimum Gasteiger partial charge on any atom is -0.356 e. The van der Waals surface area contributed by atoms with Crippen LogP contribution in [0.25, 0.3) is 10.9 Å². The molecule has 7 nitrogen and oxygen atoms in total. The van der Waals surface area contributed by atoms with Gasteiger partial charge in [-0.25, -0.2) is 4.39 Å². The van der Waals surface area contributed by atoms with E-state index in [9.17, 15) is 18.8 Å². The van der Waals surface area contributed by atoms with Crippen LogP contribution >= 0.6 is 11.8 Å². The first kappa shape index (κ1) is 26.1. The number of carbonyl (C=O) groups is 3. The number of thioether (sulfide) groups is 1. The fourth-order valence-corrected chi connectivity index (χ4v) is 6.30. The van der Waals surface area contributed by atoms with Crippen LogP contribution < -0.4 is 10.6 Å². The van der Waals surface area contributed by atoms with Crippen LogP contribution in [0.2, 0.25) is 0 Å². The van der Waals surface area contributed by atoms with Crippen molar-refractivity contribution in [3.8, 4) is 0 Å². The Morgan fingerprint density at radius 2 is 1.82 bits per heavy atom. The molecule has 0 spiro atoms. The van der Waals surface area contributed by atoms with E-state index in [1.807, 2.05) is 48.7 Å². The van der Waals surface area contributed by atoms with Gasteiger partial charge in [0.05, 0.1) is 6.04 Å². The summed E-state index contributed by atoms with van der Waals surface area (Å²) in [5.41, 5.74) is 5.12. The fraction of sp³-hybridized carbons (Fsp3) is 0.258. The SMILES string of the molecule is CSCC[C@H](NC(=O)[C@@H]1Cc2c([nH]c3ccccc23)[C@H]2c3ccccc3C(=O)N21)C(=O)NCc1ccc(F)cc1. The summed E-state index contributed by atoms with van der Waals surface area (Å²) < 4.78 is 13.3. The van der Waals surface area contributed by atoms with E-state index >= 15 is 0 Å². The molecule has 0 saturated heterocycles. The van der Waals surface area contributed by atoms with Gasteiger partial charge < -0.3 is 20.5 Å². The minimum absolute atomic E-state index is 0.188. The third kappa shape index (κ3) is 4.64.